The Morgan fingerprint density at radius 1 is 1.24 bits per heavy atom. The number of aromatic nitrogens is 1. The van der Waals surface area contributed by atoms with Crippen LogP contribution in [0.5, 0.6) is 0 Å². The second-order valence-corrected chi connectivity index (χ2v) is 5.65. The van der Waals surface area contributed by atoms with Gasteiger partial charge in [0.15, 0.2) is 0 Å². The molecule has 1 aromatic heterocycles. The third kappa shape index (κ3) is 3.37. The van der Waals surface area contributed by atoms with Crippen molar-refractivity contribution in [3.63, 3.8) is 0 Å². The van der Waals surface area contributed by atoms with Crippen molar-refractivity contribution in [3.05, 3.63) is 39.1 Å². The van der Waals surface area contributed by atoms with E-state index in [2.05, 4.69) is 32.4 Å². The van der Waals surface area contributed by atoms with Crippen LogP contribution in [0.15, 0.2) is 34.1 Å². The van der Waals surface area contributed by atoms with Crippen molar-refractivity contribution < 1.29 is 0 Å². The smallest absolute Gasteiger partial charge is 0.0932 e. The summed E-state index contributed by atoms with van der Waals surface area (Å²) in [5.41, 5.74) is 7.71. The number of unbranched alkanes of at least 4 members (excludes halogenated alkanes) is 1. The Morgan fingerprint density at radius 2 is 2.06 bits per heavy atom. The second-order valence-electron chi connectivity index (χ2n) is 3.85. The second kappa shape index (κ2) is 6.28. The summed E-state index contributed by atoms with van der Waals surface area (Å²) in [6, 6.07) is 8.18. The van der Waals surface area contributed by atoms with Crippen molar-refractivity contribution in [2.45, 2.75) is 19.3 Å². The van der Waals surface area contributed by atoms with Gasteiger partial charge in [0.2, 0.25) is 0 Å². The first kappa shape index (κ1) is 12.7. The average molecular weight is 311 g/mol. The Hall–Kier alpha value is -0.710. The van der Waals surface area contributed by atoms with Crippen LogP contribution in [0, 0.1) is 0 Å². The van der Waals surface area contributed by atoms with Gasteiger partial charge in [0.25, 0.3) is 0 Å². The maximum atomic E-state index is 5.49. The van der Waals surface area contributed by atoms with Crippen molar-refractivity contribution in [1.82, 2.24) is 4.98 Å². The monoisotopic (exact) mass is 310 g/mol. The Bertz CT molecular complexity index is 482. The predicted molar refractivity (Wildman–Crippen MR) is 77.2 cm³/mol. The van der Waals surface area contributed by atoms with Gasteiger partial charge in [-0.1, -0.05) is 34.1 Å². The SMILES string of the molecule is NCCCCc1nc(-c2ccccc2Br)cs1. The fraction of sp³-hybridized carbons (Fsp3) is 0.308. The molecule has 2 N–H and O–H groups in total. The highest BCUT2D eigenvalue weighted by molar-refractivity contribution is 9.10. The highest BCUT2D eigenvalue weighted by Gasteiger charge is 2.06. The van der Waals surface area contributed by atoms with E-state index in [1.165, 1.54) is 5.01 Å². The highest BCUT2D eigenvalue weighted by atomic mass is 79.9. The first-order chi connectivity index (χ1) is 8.31. The summed E-state index contributed by atoms with van der Waals surface area (Å²) in [5.74, 6) is 0. The number of nitrogens with two attached hydrogens (primary N) is 1. The summed E-state index contributed by atoms with van der Waals surface area (Å²) >= 11 is 5.28. The lowest BCUT2D eigenvalue weighted by molar-refractivity contribution is 0.742. The number of aryl methyl sites for hydroxylation is 1. The van der Waals surface area contributed by atoms with Gasteiger partial charge in [-0.25, -0.2) is 4.98 Å². The molecule has 90 valence electrons. The highest BCUT2D eigenvalue weighted by Crippen LogP contribution is 2.29. The first-order valence-corrected chi connectivity index (χ1v) is 7.38. The van der Waals surface area contributed by atoms with E-state index < -0.39 is 0 Å². The van der Waals surface area contributed by atoms with Crippen LogP contribution in [0.4, 0.5) is 0 Å². The Balaban J connectivity index is 2.10. The minimum absolute atomic E-state index is 0.766. The van der Waals surface area contributed by atoms with Gasteiger partial charge in [-0.05, 0) is 31.9 Å². The van der Waals surface area contributed by atoms with Crippen LogP contribution >= 0.6 is 27.3 Å². The fourth-order valence-corrected chi connectivity index (χ4v) is 2.97. The molecule has 2 nitrogen and oxygen atoms in total. The molecule has 0 bridgehead atoms. The fourth-order valence-electron chi connectivity index (χ4n) is 1.64. The van der Waals surface area contributed by atoms with E-state index in [4.69, 9.17) is 5.73 Å². The number of thiazole rings is 1. The molecule has 0 unspecified atom stereocenters. The molecule has 0 fully saturated rings. The number of hydrogen-bond donors (Lipinski definition) is 1. The number of hydrogen-bond acceptors (Lipinski definition) is 3. The molecule has 0 spiro atoms. The molecule has 1 heterocycles. The summed E-state index contributed by atoms with van der Waals surface area (Å²) in [6.07, 6.45) is 3.23. The lowest BCUT2D eigenvalue weighted by atomic mass is 10.2. The van der Waals surface area contributed by atoms with Gasteiger partial charge >= 0.3 is 0 Å². The first-order valence-electron chi connectivity index (χ1n) is 5.70. The molecule has 0 saturated carbocycles. The molecular formula is C13H15BrN2S. The van der Waals surface area contributed by atoms with Crippen molar-refractivity contribution in [2.24, 2.45) is 5.73 Å². The number of halogens is 1. The lowest BCUT2D eigenvalue weighted by Gasteiger charge is -1.99. The maximum Gasteiger partial charge on any atom is 0.0932 e. The van der Waals surface area contributed by atoms with Gasteiger partial charge < -0.3 is 5.73 Å². The third-order valence-electron chi connectivity index (χ3n) is 2.55. The number of benzene rings is 1. The van der Waals surface area contributed by atoms with E-state index in [1.54, 1.807) is 11.3 Å². The molecular weight excluding hydrogens is 296 g/mol. The zero-order chi connectivity index (χ0) is 12.1. The Kier molecular flexibility index (Phi) is 4.71. The van der Waals surface area contributed by atoms with E-state index in [0.717, 1.165) is 41.5 Å². The van der Waals surface area contributed by atoms with Crippen LogP contribution in [-0.2, 0) is 6.42 Å². The van der Waals surface area contributed by atoms with Crippen LogP contribution < -0.4 is 5.73 Å². The molecule has 17 heavy (non-hydrogen) atoms. The minimum atomic E-state index is 0.766. The zero-order valence-corrected chi connectivity index (χ0v) is 11.9. The summed E-state index contributed by atoms with van der Waals surface area (Å²) in [5, 5.41) is 3.32. The zero-order valence-electron chi connectivity index (χ0n) is 9.53. The molecule has 0 atom stereocenters. The molecule has 0 aliphatic heterocycles. The molecule has 2 aromatic rings. The van der Waals surface area contributed by atoms with Crippen LogP contribution in [0.25, 0.3) is 11.3 Å². The van der Waals surface area contributed by atoms with Crippen LogP contribution in [0.2, 0.25) is 0 Å². The molecule has 2 rings (SSSR count). The van der Waals surface area contributed by atoms with E-state index in [1.807, 2.05) is 18.2 Å². The van der Waals surface area contributed by atoms with Gasteiger partial charge in [0.1, 0.15) is 0 Å². The number of nitrogens with zero attached hydrogens (tertiary/aromatic N) is 1. The van der Waals surface area contributed by atoms with Crippen molar-refractivity contribution in [1.29, 1.82) is 0 Å². The third-order valence-corrected chi connectivity index (χ3v) is 4.15. The molecule has 0 amide bonds. The summed E-state index contributed by atoms with van der Waals surface area (Å²) < 4.78 is 1.10. The number of rotatable bonds is 5. The standard InChI is InChI=1S/C13H15BrN2S/c14-11-6-2-1-5-10(11)12-9-17-13(16-12)7-3-4-8-15/h1-2,5-6,9H,3-4,7-8,15H2. The largest absolute Gasteiger partial charge is 0.330 e. The van der Waals surface area contributed by atoms with Gasteiger partial charge in [0.05, 0.1) is 10.7 Å². The van der Waals surface area contributed by atoms with Crippen molar-refractivity contribution in [3.8, 4) is 11.3 Å². The molecule has 0 aliphatic rings. The normalized spacial score (nSPS) is 10.7. The summed E-state index contributed by atoms with van der Waals surface area (Å²) in [6.45, 7) is 0.766. The molecule has 0 aliphatic carbocycles. The van der Waals surface area contributed by atoms with Gasteiger partial charge in [0, 0.05) is 15.4 Å². The van der Waals surface area contributed by atoms with E-state index >= 15 is 0 Å². The molecule has 0 saturated heterocycles. The molecule has 0 radical (unpaired) electrons. The predicted octanol–water partition coefficient (Wildman–Crippen LogP) is 3.85. The van der Waals surface area contributed by atoms with Crippen LogP contribution in [0.3, 0.4) is 0 Å². The maximum absolute atomic E-state index is 5.49. The Labute approximate surface area is 114 Å². The van der Waals surface area contributed by atoms with Crippen LogP contribution in [-0.4, -0.2) is 11.5 Å². The Morgan fingerprint density at radius 3 is 2.82 bits per heavy atom. The lowest BCUT2D eigenvalue weighted by Crippen LogP contribution is -1.98. The van der Waals surface area contributed by atoms with E-state index in [9.17, 15) is 0 Å². The van der Waals surface area contributed by atoms with Gasteiger partial charge in [-0.2, -0.15) is 0 Å². The topological polar surface area (TPSA) is 38.9 Å². The van der Waals surface area contributed by atoms with Crippen molar-refractivity contribution in [2.75, 3.05) is 6.54 Å². The van der Waals surface area contributed by atoms with Crippen molar-refractivity contribution >= 4 is 27.3 Å². The minimum Gasteiger partial charge on any atom is -0.330 e. The summed E-state index contributed by atoms with van der Waals surface area (Å²) in [7, 11) is 0. The molecule has 1 aromatic carbocycles. The van der Waals surface area contributed by atoms with E-state index in [-0.39, 0.29) is 0 Å². The molecule has 4 heteroatoms. The quantitative estimate of drug-likeness (QED) is 0.852. The van der Waals surface area contributed by atoms with E-state index in [0.29, 0.717) is 0 Å². The summed E-state index contributed by atoms with van der Waals surface area (Å²) in [4.78, 5) is 4.66. The van der Waals surface area contributed by atoms with Gasteiger partial charge in [-0.3, -0.25) is 0 Å². The van der Waals surface area contributed by atoms with Gasteiger partial charge in [-0.15, -0.1) is 11.3 Å². The van der Waals surface area contributed by atoms with Crippen LogP contribution in [0.1, 0.15) is 17.8 Å². The average Bonchev–Trinajstić information content (AvgIpc) is 2.79.